The highest BCUT2D eigenvalue weighted by molar-refractivity contribution is 5.04. The molecule has 2 saturated heterocycles. The van der Waals surface area contributed by atoms with Gasteiger partial charge in [0.2, 0.25) is 0 Å². The van der Waals surface area contributed by atoms with Crippen molar-refractivity contribution < 1.29 is 4.74 Å². The highest BCUT2D eigenvalue weighted by atomic mass is 16.5. The molecule has 3 rings (SSSR count). The van der Waals surface area contributed by atoms with Crippen molar-refractivity contribution in [1.82, 2.24) is 10.6 Å². The van der Waals surface area contributed by atoms with Gasteiger partial charge in [0.05, 0.1) is 12.2 Å². The first kappa shape index (κ1) is 28.3. The maximum atomic E-state index is 6.00. The lowest BCUT2D eigenvalue weighted by atomic mass is 9.86. The van der Waals surface area contributed by atoms with Gasteiger partial charge >= 0.3 is 0 Å². The van der Waals surface area contributed by atoms with Gasteiger partial charge in [-0.05, 0) is 69.9 Å². The van der Waals surface area contributed by atoms with Crippen LogP contribution in [0, 0.1) is 17.8 Å². The molecule has 0 aromatic carbocycles. The van der Waals surface area contributed by atoms with Crippen LogP contribution in [0.5, 0.6) is 0 Å². The summed E-state index contributed by atoms with van der Waals surface area (Å²) in [7, 11) is 2.01. The van der Waals surface area contributed by atoms with E-state index in [-0.39, 0.29) is 13.5 Å². The fourth-order valence-electron chi connectivity index (χ4n) is 4.80. The van der Waals surface area contributed by atoms with E-state index in [0.29, 0.717) is 30.7 Å². The largest absolute Gasteiger partial charge is 0.372 e. The first-order valence-electron chi connectivity index (χ1n) is 11.7. The van der Waals surface area contributed by atoms with Gasteiger partial charge in [0, 0.05) is 18.6 Å². The van der Waals surface area contributed by atoms with Gasteiger partial charge in [-0.3, -0.25) is 0 Å². The Morgan fingerprint density at radius 1 is 1.28 bits per heavy atom. The molecular weight excluding hydrogens is 358 g/mol. The zero-order chi connectivity index (χ0) is 20.9. The van der Waals surface area contributed by atoms with E-state index in [0.717, 1.165) is 24.7 Å². The number of nitrogens with one attached hydrogen (secondary N) is 2. The van der Waals surface area contributed by atoms with Crippen molar-refractivity contribution in [1.29, 1.82) is 0 Å². The summed E-state index contributed by atoms with van der Waals surface area (Å²) in [5, 5.41) is 6.85. The molecule has 29 heavy (non-hydrogen) atoms. The Hall–Kier alpha value is -0.680. The Kier molecular flexibility index (Phi) is 15.7. The van der Waals surface area contributed by atoms with Crippen molar-refractivity contribution in [3.8, 4) is 0 Å². The third-order valence-electron chi connectivity index (χ3n) is 6.53. The zero-order valence-corrected chi connectivity index (χ0v) is 19.1. The van der Waals surface area contributed by atoms with E-state index in [4.69, 9.17) is 10.5 Å². The standard InChI is InChI=1S/C11H24N2O.C11H17N.C2H6.CH4/c1-4-10(13-3)11-8(2)5-6-9(7-12)14-11;1-2-11-10-7-5-3-4-6-9(10)8-12-11;1-2;/h8-11,13H,4-7,12H2,1-3H3;2-4,9-12H,1,5-8H2;1-2H3;1H4. The second-order valence-electron chi connectivity index (χ2n) is 8.19. The predicted octanol–water partition coefficient (Wildman–Crippen LogP) is 4.91. The monoisotopic (exact) mass is 409 g/mol. The van der Waals surface area contributed by atoms with Crippen LogP contribution in [-0.2, 0) is 4.74 Å². The Morgan fingerprint density at radius 2 is 2.00 bits per heavy atom. The predicted molar refractivity (Wildman–Crippen MR) is 129 cm³/mol. The van der Waals surface area contributed by atoms with Crippen molar-refractivity contribution >= 4 is 0 Å². The van der Waals surface area contributed by atoms with Crippen molar-refractivity contribution in [3.05, 3.63) is 24.8 Å². The van der Waals surface area contributed by atoms with Crippen LogP contribution >= 0.6 is 0 Å². The van der Waals surface area contributed by atoms with E-state index in [1.165, 1.54) is 32.2 Å². The van der Waals surface area contributed by atoms with E-state index in [1.807, 2.05) is 20.9 Å². The number of hydrogen-bond acceptors (Lipinski definition) is 4. The van der Waals surface area contributed by atoms with Crippen molar-refractivity contribution in [2.45, 2.75) is 97.9 Å². The summed E-state index contributed by atoms with van der Waals surface area (Å²) in [5.41, 5.74) is 5.65. The lowest BCUT2D eigenvalue weighted by Crippen LogP contribution is -2.48. The topological polar surface area (TPSA) is 59.3 Å². The van der Waals surface area contributed by atoms with Gasteiger partial charge in [0.1, 0.15) is 0 Å². The van der Waals surface area contributed by atoms with Crippen LogP contribution in [0.25, 0.3) is 0 Å². The lowest BCUT2D eigenvalue weighted by molar-refractivity contribution is -0.0899. The molecule has 0 spiro atoms. The summed E-state index contributed by atoms with van der Waals surface area (Å²) >= 11 is 0. The van der Waals surface area contributed by atoms with Crippen LogP contribution in [0.4, 0.5) is 0 Å². The average Bonchev–Trinajstić information content (AvgIpc) is 2.98. The minimum atomic E-state index is 0. The first-order valence-corrected chi connectivity index (χ1v) is 11.7. The molecule has 0 aromatic heterocycles. The van der Waals surface area contributed by atoms with Crippen molar-refractivity contribution in [2.75, 3.05) is 20.1 Å². The molecule has 4 nitrogen and oxygen atoms in total. The van der Waals surface area contributed by atoms with E-state index in [9.17, 15) is 0 Å². The van der Waals surface area contributed by atoms with Crippen LogP contribution in [-0.4, -0.2) is 44.4 Å². The number of likely N-dealkylation sites (N-methyl/N-ethyl adjacent to an activating group) is 1. The Balaban J connectivity index is 0.000000486. The van der Waals surface area contributed by atoms with Crippen molar-refractivity contribution in [3.63, 3.8) is 0 Å². The third-order valence-corrected chi connectivity index (χ3v) is 6.53. The molecule has 4 heteroatoms. The number of allylic oxidation sites excluding steroid dienone is 2. The quantitative estimate of drug-likeness (QED) is 0.565. The Morgan fingerprint density at radius 3 is 2.59 bits per heavy atom. The molecule has 0 amide bonds. The molecule has 0 saturated carbocycles. The summed E-state index contributed by atoms with van der Waals surface area (Å²) in [6, 6.07) is 1.05. The maximum absolute atomic E-state index is 6.00. The van der Waals surface area contributed by atoms with Gasteiger partial charge < -0.3 is 21.1 Å². The summed E-state index contributed by atoms with van der Waals surface area (Å²) in [4.78, 5) is 0. The molecule has 7 atom stereocenters. The van der Waals surface area contributed by atoms with Crippen molar-refractivity contribution in [2.24, 2.45) is 23.5 Å². The molecule has 3 aliphatic rings. The van der Waals surface area contributed by atoms with Crippen LogP contribution in [0.15, 0.2) is 24.8 Å². The zero-order valence-electron chi connectivity index (χ0n) is 19.1. The van der Waals surface area contributed by atoms with Gasteiger partial charge in [-0.15, -0.1) is 6.58 Å². The fraction of sp³-hybridized carbons (Fsp3) is 0.840. The Bertz CT molecular complexity index is 436. The molecule has 1 aliphatic carbocycles. The summed E-state index contributed by atoms with van der Waals surface area (Å²) < 4.78 is 6.00. The molecule has 0 bridgehead atoms. The number of ether oxygens (including phenoxy) is 1. The van der Waals surface area contributed by atoms with Crippen LogP contribution in [0.1, 0.15) is 73.6 Å². The van der Waals surface area contributed by atoms with E-state index in [1.54, 1.807) is 0 Å². The molecule has 7 unspecified atom stereocenters. The van der Waals surface area contributed by atoms with Gasteiger partial charge in [-0.25, -0.2) is 0 Å². The first-order chi connectivity index (χ1) is 13.6. The molecule has 2 aliphatic heterocycles. The molecule has 4 N–H and O–H groups in total. The van der Waals surface area contributed by atoms with Gasteiger partial charge in [-0.2, -0.15) is 0 Å². The Labute approximate surface area is 182 Å². The lowest BCUT2D eigenvalue weighted by Gasteiger charge is -2.38. The highest BCUT2D eigenvalue weighted by Gasteiger charge is 2.33. The molecule has 172 valence electrons. The van der Waals surface area contributed by atoms with E-state index < -0.39 is 0 Å². The van der Waals surface area contributed by atoms with Crippen LogP contribution in [0.2, 0.25) is 0 Å². The molecule has 2 fully saturated rings. The summed E-state index contributed by atoms with van der Waals surface area (Å²) in [5.74, 6) is 2.36. The van der Waals surface area contributed by atoms with Crippen LogP contribution < -0.4 is 16.4 Å². The number of nitrogens with two attached hydrogens (primary N) is 1. The van der Waals surface area contributed by atoms with Crippen LogP contribution in [0.3, 0.4) is 0 Å². The maximum Gasteiger partial charge on any atom is 0.0757 e. The SMILES string of the molecule is C.C=CC1NCC2CC=CCCC21.CC.CCC(NC)C1OC(CN)CCC1C. The fourth-order valence-corrected chi connectivity index (χ4v) is 4.80. The summed E-state index contributed by atoms with van der Waals surface area (Å²) in [6.07, 6.45) is 14.7. The normalized spacial score (nSPS) is 34.1. The third kappa shape index (κ3) is 8.53. The molecule has 2 heterocycles. The number of rotatable bonds is 5. The minimum absolute atomic E-state index is 0. The van der Waals surface area contributed by atoms with Gasteiger partial charge in [-0.1, -0.05) is 53.3 Å². The van der Waals surface area contributed by atoms with E-state index >= 15 is 0 Å². The second kappa shape index (κ2) is 16.1. The number of hydrogen-bond donors (Lipinski definition) is 3. The molecular formula is C25H51N3O. The molecule has 0 radical (unpaired) electrons. The van der Waals surface area contributed by atoms with Gasteiger partial charge in [0.15, 0.2) is 0 Å². The second-order valence-corrected chi connectivity index (χ2v) is 8.19. The smallest absolute Gasteiger partial charge is 0.0757 e. The van der Waals surface area contributed by atoms with Gasteiger partial charge in [0.25, 0.3) is 0 Å². The average molecular weight is 410 g/mol. The summed E-state index contributed by atoms with van der Waals surface area (Å²) in [6.45, 7) is 14.2. The molecule has 0 aromatic rings. The minimum Gasteiger partial charge on any atom is -0.372 e. The highest BCUT2D eigenvalue weighted by Crippen LogP contribution is 2.32. The van der Waals surface area contributed by atoms with E-state index in [2.05, 4.69) is 49.3 Å². The number of fused-ring (bicyclic) bond motifs is 1.